The van der Waals surface area contributed by atoms with Gasteiger partial charge in [-0.2, -0.15) is 0 Å². The number of aryl methyl sites for hydroxylation is 2. The number of carboxylic acids is 1. The summed E-state index contributed by atoms with van der Waals surface area (Å²) < 4.78 is 1.56. The molecule has 5 nitrogen and oxygen atoms in total. The van der Waals surface area contributed by atoms with Crippen molar-refractivity contribution in [2.24, 2.45) is 0 Å². The van der Waals surface area contributed by atoms with Gasteiger partial charge < -0.3 is 14.8 Å². The Morgan fingerprint density at radius 1 is 1.39 bits per heavy atom. The molecule has 0 aliphatic carbocycles. The summed E-state index contributed by atoms with van der Waals surface area (Å²) in [6, 6.07) is 3.14. The first-order valence-electron chi connectivity index (χ1n) is 5.55. The van der Waals surface area contributed by atoms with Crippen LogP contribution in [0.5, 0.6) is 5.75 Å². The topological polar surface area (TPSA) is 79.5 Å². The molecule has 0 fully saturated rings. The highest BCUT2D eigenvalue weighted by Crippen LogP contribution is 2.24. The van der Waals surface area contributed by atoms with Crippen LogP contribution in [0.2, 0.25) is 0 Å². The second-order valence-electron chi connectivity index (χ2n) is 4.14. The van der Waals surface area contributed by atoms with Gasteiger partial charge in [-0.05, 0) is 31.5 Å². The Kier molecular flexibility index (Phi) is 2.82. The molecule has 1 aromatic carbocycles. The first kappa shape index (κ1) is 12.2. The highest BCUT2D eigenvalue weighted by molar-refractivity contribution is 5.94. The lowest BCUT2D eigenvalue weighted by atomic mass is 10.1. The summed E-state index contributed by atoms with van der Waals surface area (Å²) >= 11 is 0. The Morgan fingerprint density at radius 3 is 2.61 bits per heavy atom. The number of pyridine rings is 1. The van der Waals surface area contributed by atoms with Crippen molar-refractivity contribution in [2.75, 3.05) is 0 Å². The largest absolute Gasteiger partial charge is 0.506 e. The maximum absolute atomic E-state index is 12.0. The van der Waals surface area contributed by atoms with Gasteiger partial charge in [-0.3, -0.25) is 4.79 Å². The molecule has 0 bridgehead atoms. The fourth-order valence-corrected chi connectivity index (χ4v) is 2.06. The summed E-state index contributed by atoms with van der Waals surface area (Å²) in [5.74, 6) is -1.27. The summed E-state index contributed by atoms with van der Waals surface area (Å²) in [5.41, 5.74) is 0.232. The minimum Gasteiger partial charge on any atom is -0.506 e. The normalized spacial score (nSPS) is 10.8. The molecule has 1 aromatic heterocycles. The fraction of sp³-hybridized carbons (Fsp3) is 0.231. The molecule has 0 aliphatic heterocycles. The number of aromatic hydroxyl groups is 1. The van der Waals surface area contributed by atoms with Crippen LogP contribution < -0.4 is 5.43 Å². The van der Waals surface area contributed by atoms with E-state index in [0.29, 0.717) is 17.6 Å². The second kappa shape index (κ2) is 4.18. The van der Waals surface area contributed by atoms with Crippen LogP contribution in [0.3, 0.4) is 0 Å². The Morgan fingerprint density at radius 2 is 2.06 bits per heavy atom. The van der Waals surface area contributed by atoms with Crippen LogP contribution in [0.4, 0.5) is 0 Å². The van der Waals surface area contributed by atoms with E-state index in [1.165, 1.54) is 6.20 Å². The molecule has 18 heavy (non-hydrogen) atoms. The predicted molar refractivity (Wildman–Crippen MR) is 67.2 cm³/mol. The second-order valence-corrected chi connectivity index (χ2v) is 4.14. The van der Waals surface area contributed by atoms with E-state index >= 15 is 0 Å². The zero-order valence-corrected chi connectivity index (χ0v) is 10.1. The summed E-state index contributed by atoms with van der Waals surface area (Å²) in [6.07, 6.45) is 1.27. The summed E-state index contributed by atoms with van der Waals surface area (Å²) in [7, 11) is 0. The van der Waals surface area contributed by atoms with Gasteiger partial charge in [-0.25, -0.2) is 4.79 Å². The molecule has 0 aliphatic rings. The van der Waals surface area contributed by atoms with Crippen LogP contribution >= 0.6 is 0 Å². The smallest absolute Gasteiger partial charge is 0.341 e. The molecule has 0 spiro atoms. The molecule has 2 N–H and O–H groups in total. The van der Waals surface area contributed by atoms with Gasteiger partial charge in [-0.15, -0.1) is 0 Å². The van der Waals surface area contributed by atoms with Crippen LogP contribution in [0, 0.1) is 6.92 Å². The van der Waals surface area contributed by atoms with E-state index < -0.39 is 11.4 Å². The van der Waals surface area contributed by atoms with E-state index in [-0.39, 0.29) is 16.7 Å². The van der Waals surface area contributed by atoms with Crippen LogP contribution in [0.15, 0.2) is 23.1 Å². The first-order chi connectivity index (χ1) is 8.45. The molecule has 94 valence electrons. The number of hydrogen-bond donors (Lipinski definition) is 2. The molecule has 2 aromatic rings. The van der Waals surface area contributed by atoms with Gasteiger partial charge in [0.25, 0.3) is 0 Å². The van der Waals surface area contributed by atoms with Crippen LogP contribution in [0.1, 0.15) is 22.8 Å². The van der Waals surface area contributed by atoms with E-state index in [2.05, 4.69) is 0 Å². The fourth-order valence-electron chi connectivity index (χ4n) is 2.06. The number of rotatable bonds is 2. The zero-order valence-electron chi connectivity index (χ0n) is 10.1. The Hall–Kier alpha value is -2.30. The maximum Gasteiger partial charge on any atom is 0.341 e. The van der Waals surface area contributed by atoms with Crippen molar-refractivity contribution in [3.63, 3.8) is 0 Å². The number of aromatic nitrogens is 1. The van der Waals surface area contributed by atoms with Gasteiger partial charge >= 0.3 is 5.97 Å². The van der Waals surface area contributed by atoms with Crippen molar-refractivity contribution in [3.05, 3.63) is 39.7 Å². The molecule has 0 radical (unpaired) electrons. The number of phenols is 1. The molecule has 1 heterocycles. The minimum absolute atomic E-state index is 0.0131. The van der Waals surface area contributed by atoms with Crippen LogP contribution in [0.25, 0.3) is 10.9 Å². The van der Waals surface area contributed by atoms with Crippen LogP contribution in [-0.4, -0.2) is 20.7 Å². The van der Waals surface area contributed by atoms with Crippen LogP contribution in [-0.2, 0) is 6.54 Å². The van der Waals surface area contributed by atoms with Gasteiger partial charge in [0.05, 0.1) is 10.9 Å². The molecule has 0 amide bonds. The van der Waals surface area contributed by atoms with Crippen molar-refractivity contribution in [1.82, 2.24) is 4.57 Å². The number of hydrogen-bond acceptors (Lipinski definition) is 3. The summed E-state index contributed by atoms with van der Waals surface area (Å²) in [6.45, 7) is 4.02. The zero-order chi connectivity index (χ0) is 13.4. The van der Waals surface area contributed by atoms with E-state index in [9.17, 15) is 14.7 Å². The quantitative estimate of drug-likeness (QED) is 0.847. The standard InChI is InChI=1S/C13H13NO4/c1-3-14-6-9(13(17)18)12(16)8-4-7(2)5-10(15)11(8)14/h4-6,15H,3H2,1-2H3,(H,17,18). The summed E-state index contributed by atoms with van der Waals surface area (Å²) in [4.78, 5) is 23.1. The number of carboxylic acid groups (broad SMARTS) is 1. The molecule has 5 heteroatoms. The maximum atomic E-state index is 12.0. The van der Waals surface area contributed by atoms with Crippen molar-refractivity contribution in [3.8, 4) is 5.75 Å². The molecule has 0 saturated heterocycles. The van der Waals surface area contributed by atoms with Crippen molar-refractivity contribution in [2.45, 2.75) is 20.4 Å². The van der Waals surface area contributed by atoms with E-state index in [1.54, 1.807) is 23.6 Å². The lowest BCUT2D eigenvalue weighted by molar-refractivity contribution is 0.0695. The van der Waals surface area contributed by atoms with Gasteiger partial charge in [0.1, 0.15) is 11.3 Å². The Balaban J connectivity index is 3.03. The highest BCUT2D eigenvalue weighted by atomic mass is 16.4. The van der Waals surface area contributed by atoms with E-state index in [1.807, 2.05) is 6.92 Å². The average Bonchev–Trinajstić information content (AvgIpc) is 2.29. The van der Waals surface area contributed by atoms with Crippen molar-refractivity contribution < 1.29 is 15.0 Å². The molecular formula is C13H13NO4. The third-order valence-corrected chi connectivity index (χ3v) is 2.87. The molecule has 2 rings (SSSR count). The minimum atomic E-state index is -1.26. The molecule has 0 saturated carbocycles. The predicted octanol–water partition coefficient (Wildman–Crippen LogP) is 1.73. The molecule has 0 atom stereocenters. The highest BCUT2D eigenvalue weighted by Gasteiger charge is 2.16. The van der Waals surface area contributed by atoms with Crippen molar-refractivity contribution >= 4 is 16.9 Å². The summed E-state index contributed by atoms with van der Waals surface area (Å²) in [5, 5.41) is 19.1. The molecule has 0 unspecified atom stereocenters. The average molecular weight is 247 g/mol. The molecular weight excluding hydrogens is 234 g/mol. The number of aromatic carboxylic acids is 1. The van der Waals surface area contributed by atoms with Gasteiger partial charge in [0, 0.05) is 12.7 Å². The Bertz CT molecular complexity index is 700. The van der Waals surface area contributed by atoms with Gasteiger partial charge in [0.2, 0.25) is 5.43 Å². The van der Waals surface area contributed by atoms with Gasteiger partial charge in [-0.1, -0.05) is 0 Å². The lowest BCUT2D eigenvalue weighted by Crippen LogP contribution is -2.18. The van der Waals surface area contributed by atoms with Crippen molar-refractivity contribution in [1.29, 1.82) is 0 Å². The number of nitrogens with zero attached hydrogens (tertiary/aromatic N) is 1. The lowest BCUT2D eigenvalue weighted by Gasteiger charge is -2.12. The van der Waals surface area contributed by atoms with E-state index in [0.717, 1.165) is 0 Å². The third kappa shape index (κ3) is 1.73. The SMILES string of the molecule is CCn1cc(C(=O)O)c(=O)c2cc(C)cc(O)c21. The number of carbonyl (C=O) groups is 1. The first-order valence-corrected chi connectivity index (χ1v) is 5.55. The Labute approximate surface area is 103 Å². The number of benzene rings is 1. The van der Waals surface area contributed by atoms with E-state index in [4.69, 9.17) is 5.11 Å². The number of phenolic OH excluding ortho intramolecular Hbond substituents is 1. The van der Waals surface area contributed by atoms with Gasteiger partial charge in [0.15, 0.2) is 0 Å². The number of fused-ring (bicyclic) bond motifs is 1. The third-order valence-electron chi connectivity index (χ3n) is 2.87. The monoisotopic (exact) mass is 247 g/mol.